The number of esters is 1. The van der Waals surface area contributed by atoms with E-state index in [0.29, 0.717) is 5.57 Å². The number of carbonyl (C=O) groups is 2. The number of carboxylic acid groups (broad SMARTS) is 1. The number of ether oxygens (including phenoxy) is 1. The van der Waals surface area contributed by atoms with Gasteiger partial charge in [-0.25, -0.2) is 4.79 Å². The Morgan fingerprint density at radius 2 is 2.05 bits per heavy atom. The number of hydrogen-bond acceptors (Lipinski definition) is 5. The highest BCUT2D eigenvalue weighted by molar-refractivity contribution is 7.99. The lowest BCUT2D eigenvalue weighted by atomic mass is 9.69. The van der Waals surface area contributed by atoms with Crippen molar-refractivity contribution in [1.82, 2.24) is 5.32 Å². The third kappa shape index (κ3) is 3.42. The van der Waals surface area contributed by atoms with E-state index in [9.17, 15) is 14.7 Å². The SMILES string of the molecule is CCOC(=O)C1=C(C)NC(C)(C(C)SCC)C(C(=O)O)C1C. The fourth-order valence-electron chi connectivity index (χ4n) is 3.37. The molecule has 0 saturated carbocycles. The zero-order valence-electron chi connectivity index (χ0n) is 14.2. The standard InChI is InChI=1S/C16H27NO4S/c1-7-21-15(20)12-9(3)13(14(18)19)16(6,17-10(12)4)11(5)22-8-2/h9,11,13,17H,7-8H2,1-6H3,(H,18,19). The van der Waals surface area contributed by atoms with Gasteiger partial charge in [-0.2, -0.15) is 11.8 Å². The van der Waals surface area contributed by atoms with Gasteiger partial charge in [0.05, 0.1) is 23.6 Å². The van der Waals surface area contributed by atoms with Crippen LogP contribution >= 0.6 is 11.8 Å². The van der Waals surface area contributed by atoms with Crippen LogP contribution in [0.15, 0.2) is 11.3 Å². The number of carbonyl (C=O) groups excluding carboxylic acids is 1. The lowest BCUT2D eigenvalue weighted by Gasteiger charge is -2.48. The van der Waals surface area contributed by atoms with Gasteiger partial charge in [0.2, 0.25) is 0 Å². The third-order valence-corrected chi connectivity index (χ3v) is 5.81. The maximum atomic E-state index is 12.2. The Bertz CT molecular complexity index is 477. The van der Waals surface area contributed by atoms with Gasteiger partial charge in [0.1, 0.15) is 0 Å². The van der Waals surface area contributed by atoms with Gasteiger partial charge < -0.3 is 15.2 Å². The predicted octanol–water partition coefficient (Wildman–Crippen LogP) is 2.66. The molecule has 0 spiro atoms. The van der Waals surface area contributed by atoms with Gasteiger partial charge in [0.25, 0.3) is 0 Å². The molecule has 22 heavy (non-hydrogen) atoms. The number of nitrogens with one attached hydrogen (secondary N) is 1. The van der Waals surface area contributed by atoms with Crippen LogP contribution in [0.4, 0.5) is 0 Å². The van der Waals surface area contributed by atoms with Crippen LogP contribution in [0.1, 0.15) is 41.5 Å². The van der Waals surface area contributed by atoms with E-state index in [0.717, 1.165) is 11.4 Å². The highest BCUT2D eigenvalue weighted by Gasteiger charge is 2.51. The Balaban J connectivity index is 3.30. The number of aliphatic carboxylic acids is 1. The van der Waals surface area contributed by atoms with E-state index in [2.05, 4.69) is 12.2 Å². The van der Waals surface area contributed by atoms with Crippen LogP contribution < -0.4 is 5.32 Å². The monoisotopic (exact) mass is 329 g/mol. The van der Waals surface area contributed by atoms with Gasteiger partial charge in [0, 0.05) is 16.9 Å². The molecule has 4 unspecified atom stereocenters. The van der Waals surface area contributed by atoms with Crippen molar-refractivity contribution >= 4 is 23.7 Å². The molecular formula is C16H27NO4S. The van der Waals surface area contributed by atoms with E-state index in [1.54, 1.807) is 25.6 Å². The van der Waals surface area contributed by atoms with Crippen molar-refractivity contribution in [2.24, 2.45) is 11.8 Å². The van der Waals surface area contributed by atoms with Crippen molar-refractivity contribution in [1.29, 1.82) is 0 Å². The minimum absolute atomic E-state index is 0.0970. The van der Waals surface area contributed by atoms with E-state index < -0.39 is 29.3 Å². The molecule has 1 aliphatic rings. The van der Waals surface area contributed by atoms with Crippen molar-refractivity contribution < 1.29 is 19.4 Å². The molecule has 1 rings (SSSR count). The third-order valence-electron chi connectivity index (χ3n) is 4.48. The lowest BCUT2D eigenvalue weighted by Crippen LogP contribution is -2.62. The molecule has 0 fully saturated rings. The van der Waals surface area contributed by atoms with Gasteiger partial charge in [-0.05, 0) is 26.5 Å². The molecular weight excluding hydrogens is 302 g/mol. The summed E-state index contributed by atoms with van der Waals surface area (Å²) in [6.07, 6.45) is 0. The topological polar surface area (TPSA) is 75.6 Å². The Hall–Kier alpha value is -1.17. The van der Waals surface area contributed by atoms with Crippen molar-refractivity contribution in [3.05, 3.63) is 11.3 Å². The molecule has 2 N–H and O–H groups in total. The minimum Gasteiger partial charge on any atom is -0.481 e. The second-order valence-corrected chi connectivity index (χ2v) is 7.49. The molecule has 0 saturated heterocycles. The zero-order valence-corrected chi connectivity index (χ0v) is 15.0. The van der Waals surface area contributed by atoms with Gasteiger partial charge in [-0.3, -0.25) is 4.79 Å². The minimum atomic E-state index is -0.889. The molecule has 6 heteroatoms. The van der Waals surface area contributed by atoms with Crippen molar-refractivity contribution in [3.8, 4) is 0 Å². The van der Waals surface area contributed by atoms with Crippen LogP contribution in [0.2, 0.25) is 0 Å². The van der Waals surface area contributed by atoms with E-state index in [-0.39, 0.29) is 11.9 Å². The quantitative estimate of drug-likeness (QED) is 0.730. The molecule has 0 aliphatic carbocycles. The number of thioether (sulfide) groups is 1. The average Bonchev–Trinajstić information content (AvgIpc) is 2.37. The van der Waals surface area contributed by atoms with Crippen LogP contribution in [0.5, 0.6) is 0 Å². The zero-order chi connectivity index (χ0) is 17.1. The van der Waals surface area contributed by atoms with E-state index in [1.807, 2.05) is 20.8 Å². The summed E-state index contributed by atoms with van der Waals surface area (Å²) in [5.41, 5.74) is 0.543. The first kappa shape index (κ1) is 18.9. The molecule has 0 bridgehead atoms. The summed E-state index contributed by atoms with van der Waals surface area (Å²) in [6, 6.07) is 0. The Morgan fingerprint density at radius 1 is 1.45 bits per heavy atom. The van der Waals surface area contributed by atoms with Crippen molar-refractivity contribution in [2.75, 3.05) is 12.4 Å². The van der Waals surface area contributed by atoms with E-state index in [4.69, 9.17) is 4.74 Å². The number of hydrogen-bond donors (Lipinski definition) is 2. The Labute approximate surface area is 136 Å². The summed E-state index contributed by atoms with van der Waals surface area (Å²) in [5.74, 6) is -1.50. The fourth-order valence-corrected chi connectivity index (χ4v) is 4.42. The summed E-state index contributed by atoms with van der Waals surface area (Å²) in [5, 5.41) is 13.2. The summed E-state index contributed by atoms with van der Waals surface area (Å²) in [6.45, 7) is 11.7. The first-order valence-corrected chi connectivity index (χ1v) is 8.75. The Kier molecular flexibility index (Phi) is 6.35. The molecule has 4 atom stereocenters. The van der Waals surface area contributed by atoms with Crippen molar-refractivity contribution in [2.45, 2.75) is 52.3 Å². The van der Waals surface area contributed by atoms with Gasteiger partial charge in [0.15, 0.2) is 0 Å². The molecule has 1 heterocycles. The summed E-state index contributed by atoms with van der Waals surface area (Å²) in [4.78, 5) is 24.1. The molecule has 126 valence electrons. The van der Waals surface area contributed by atoms with Crippen LogP contribution in [0.25, 0.3) is 0 Å². The summed E-state index contributed by atoms with van der Waals surface area (Å²) in [7, 11) is 0. The first-order chi connectivity index (χ1) is 10.2. The number of rotatable bonds is 6. The first-order valence-electron chi connectivity index (χ1n) is 7.71. The van der Waals surface area contributed by atoms with Gasteiger partial charge in [-0.1, -0.05) is 20.8 Å². The smallest absolute Gasteiger partial charge is 0.336 e. The molecule has 0 radical (unpaired) electrons. The normalized spacial score (nSPS) is 29.7. The maximum absolute atomic E-state index is 12.2. The van der Waals surface area contributed by atoms with Crippen molar-refractivity contribution in [3.63, 3.8) is 0 Å². The molecule has 5 nitrogen and oxygen atoms in total. The largest absolute Gasteiger partial charge is 0.481 e. The van der Waals surface area contributed by atoms with Gasteiger partial charge >= 0.3 is 11.9 Å². The lowest BCUT2D eigenvalue weighted by molar-refractivity contribution is -0.147. The van der Waals surface area contributed by atoms with E-state index in [1.165, 1.54) is 0 Å². The van der Waals surface area contributed by atoms with Crippen LogP contribution in [-0.2, 0) is 14.3 Å². The molecule has 0 amide bonds. The summed E-state index contributed by atoms with van der Waals surface area (Å²) >= 11 is 1.72. The van der Waals surface area contributed by atoms with Crippen LogP contribution in [0, 0.1) is 11.8 Å². The van der Waals surface area contributed by atoms with Crippen LogP contribution in [0.3, 0.4) is 0 Å². The fraction of sp³-hybridized carbons (Fsp3) is 0.750. The second-order valence-electron chi connectivity index (χ2n) is 5.87. The second kappa shape index (κ2) is 7.40. The summed E-state index contributed by atoms with van der Waals surface area (Å²) < 4.78 is 5.09. The number of carboxylic acids is 1. The predicted molar refractivity (Wildman–Crippen MR) is 88.8 cm³/mol. The van der Waals surface area contributed by atoms with E-state index >= 15 is 0 Å². The molecule has 1 aliphatic heterocycles. The number of allylic oxidation sites excluding steroid dienone is 1. The molecule has 0 aromatic carbocycles. The average molecular weight is 329 g/mol. The van der Waals surface area contributed by atoms with Gasteiger partial charge in [-0.15, -0.1) is 0 Å². The highest BCUT2D eigenvalue weighted by atomic mass is 32.2. The van der Waals surface area contributed by atoms with Crippen LogP contribution in [-0.4, -0.2) is 40.2 Å². The molecule has 0 aromatic heterocycles. The maximum Gasteiger partial charge on any atom is 0.336 e. The molecule has 0 aromatic rings. The highest BCUT2D eigenvalue weighted by Crippen LogP contribution is 2.42. The Morgan fingerprint density at radius 3 is 2.50 bits per heavy atom.